The van der Waals surface area contributed by atoms with Gasteiger partial charge in [0.25, 0.3) is 0 Å². The van der Waals surface area contributed by atoms with Gasteiger partial charge in [-0.3, -0.25) is 10.1 Å². The van der Waals surface area contributed by atoms with Gasteiger partial charge in [-0.25, -0.2) is 0 Å². The minimum Gasteiger partial charge on any atom is -0.379 e. The number of rotatable bonds is 5. The maximum atomic E-state index is 12.0. The van der Waals surface area contributed by atoms with Crippen LogP contribution in [-0.2, 0) is 9.53 Å². The van der Waals surface area contributed by atoms with Gasteiger partial charge in [0.2, 0.25) is 5.91 Å². The van der Waals surface area contributed by atoms with Crippen molar-refractivity contribution in [2.75, 3.05) is 13.2 Å². The summed E-state index contributed by atoms with van der Waals surface area (Å²) in [6.45, 7) is 11.6. The van der Waals surface area contributed by atoms with Crippen LogP contribution in [0, 0.1) is 0 Å². The quantitative estimate of drug-likeness (QED) is 0.767. The number of nitrogens with one attached hydrogen (secondary N) is 2. The highest BCUT2D eigenvalue weighted by Crippen LogP contribution is 2.18. The van der Waals surface area contributed by atoms with Crippen LogP contribution >= 0.6 is 0 Å². The predicted octanol–water partition coefficient (Wildman–Crippen LogP) is 1.45. The van der Waals surface area contributed by atoms with Crippen molar-refractivity contribution in [3.8, 4) is 0 Å². The fourth-order valence-corrected chi connectivity index (χ4v) is 1.90. The maximum absolute atomic E-state index is 12.0. The zero-order valence-corrected chi connectivity index (χ0v) is 11.7. The fourth-order valence-electron chi connectivity index (χ4n) is 1.90. The summed E-state index contributed by atoms with van der Waals surface area (Å²) < 4.78 is 5.37. The van der Waals surface area contributed by atoms with Crippen LogP contribution in [0.4, 0.5) is 0 Å². The molecule has 4 heteroatoms. The van der Waals surface area contributed by atoms with Gasteiger partial charge in [-0.2, -0.15) is 0 Å². The Balaban J connectivity index is 2.47. The normalized spacial score (nSPS) is 26.9. The van der Waals surface area contributed by atoms with Crippen LogP contribution in [0.5, 0.6) is 0 Å². The number of hydrogen-bond acceptors (Lipinski definition) is 3. The number of carbonyl (C=O) groups is 1. The Bertz CT molecular complexity index is 271. The average molecular weight is 242 g/mol. The van der Waals surface area contributed by atoms with E-state index in [4.69, 9.17) is 4.74 Å². The summed E-state index contributed by atoms with van der Waals surface area (Å²) in [5, 5.41) is 6.42. The van der Waals surface area contributed by atoms with E-state index in [-0.39, 0.29) is 23.0 Å². The van der Waals surface area contributed by atoms with Crippen molar-refractivity contribution in [3.05, 3.63) is 0 Å². The largest absolute Gasteiger partial charge is 0.379 e. The fraction of sp³-hybridized carbons (Fsp3) is 0.923. The predicted molar refractivity (Wildman–Crippen MR) is 69.0 cm³/mol. The number of carbonyl (C=O) groups excluding carboxylic acids is 1. The van der Waals surface area contributed by atoms with E-state index in [0.29, 0.717) is 6.61 Å². The Morgan fingerprint density at radius 2 is 2.18 bits per heavy atom. The van der Waals surface area contributed by atoms with Crippen molar-refractivity contribution in [1.82, 2.24) is 10.6 Å². The second kappa shape index (κ2) is 5.36. The third-order valence-corrected chi connectivity index (χ3v) is 3.52. The molecule has 2 unspecified atom stereocenters. The van der Waals surface area contributed by atoms with Crippen LogP contribution in [0.2, 0.25) is 0 Å². The molecule has 0 bridgehead atoms. The van der Waals surface area contributed by atoms with Crippen LogP contribution in [-0.4, -0.2) is 36.2 Å². The lowest BCUT2D eigenvalue weighted by atomic mass is 9.99. The molecule has 1 fully saturated rings. The standard InChI is InChI=1S/C13H26N2O2/c1-6-12(3,4)15-11(16)10(2)14-13(5)7-8-17-9-13/h10,14H,6-9H2,1-5H3,(H,15,16). The van der Waals surface area contributed by atoms with Gasteiger partial charge in [0.15, 0.2) is 0 Å². The van der Waals surface area contributed by atoms with E-state index in [2.05, 4.69) is 24.5 Å². The molecule has 0 aromatic rings. The summed E-state index contributed by atoms with van der Waals surface area (Å²) in [6.07, 6.45) is 1.88. The monoisotopic (exact) mass is 242 g/mol. The third kappa shape index (κ3) is 4.28. The first-order chi connectivity index (χ1) is 7.78. The first-order valence-corrected chi connectivity index (χ1v) is 6.45. The molecule has 0 spiro atoms. The van der Waals surface area contributed by atoms with Gasteiger partial charge in [-0.1, -0.05) is 6.92 Å². The number of hydrogen-bond donors (Lipinski definition) is 2. The van der Waals surface area contributed by atoms with Crippen molar-refractivity contribution in [3.63, 3.8) is 0 Å². The van der Waals surface area contributed by atoms with Gasteiger partial charge in [0, 0.05) is 17.7 Å². The first kappa shape index (κ1) is 14.5. The molecule has 1 saturated heterocycles. The smallest absolute Gasteiger partial charge is 0.237 e. The second-order valence-electron chi connectivity index (χ2n) is 5.96. The molecule has 1 amide bonds. The van der Waals surface area contributed by atoms with Crippen molar-refractivity contribution in [2.24, 2.45) is 0 Å². The van der Waals surface area contributed by atoms with E-state index in [1.165, 1.54) is 0 Å². The highest BCUT2D eigenvalue weighted by Gasteiger charge is 2.33. The van der Waals surface area contributed by atoms with Crippen molar-refractivity contribution in [2.45, 2.75) is 64.6 Å². The minimum absolute atomic E-state index is 0.0602. The van der Waals surface area contributed by atoms with Crippen LogP contribution in [0.15, 0.2) is 0 Å². The molecule has 2 atom stereocenters. The summed E-state index contributed by atoms with van der Waals surface area (Å²) in [4.78, 5) is 12.0. The molecule has 0 aromatic carbocycles. The van der Waals surface area contributed by atoms with Gasteiger partial charge in [-0.15, -0.1) is 0 Å². The SMILES string of the molecule is CCC(C)(C)NC(=O)C(C)NC1(C)CCOC1. The van der Waals surface area contributed by atoms with E-state index in [1.807, 2.05) is 20.8 Å². The topological polar surface area (TPSA) is 50.4 Å². The van der Waals surface area contributed by atoms with E-state index < -0.39 is 0 Å². The Morgan fingerprint density at radius 3 is 2.65 bits per heavy atom. The van der Waals surface area contributed by atoms with Crippen molar-refractivity contribution >= 4 is 5.91 Å². The van der Waals surface area contributed by atoms with Crippen LogP contribution in [0.1, 0.15) is 47.5 Å². The first-order valence-electron chi connectivity index (χ1n) is 6.45. The Kier molecular flexibility index (Phi) is 4.55. The summed E-state index contributed by atoms with van der Waals surface area (Å²) in [5.74, 6) is 0.0602. The van der Waals surface area contributed by atoms with Gasteiger partial charge in [-0.05, 0) is 40.5 Å². The van der Waals surface area contributed by atoms with Gasteiger partial charge >= 0.3 is 0 Å². The van der Waals surface area contributed by atoms with Crippen LogP contribution in [0.25, 0.3) is 0 Å². The molecule has 17 heavy (non-hydrogen) atoms. The van der Waals surface area contributed by atoms with E-state index in [0.717, 1.165) is 19.4 Å². The lowest BCUT2D eigenvalue weighted by molar-refractivity contribution is -0.124. The second-order valence-corrected chi connectivity index (χ2v) is 5.96. The lowest BCUT2D eigenvalue weighted by Gasteiger charge is -2.31. The molecule has 0 saturated carbocycles. The van der Waals surface area contributed by atoms with Crippen LogP contribution < -0.4 is 10.6 Å². The summed E-state index contributed by atoms with van der Waals surface area (Å²) in [7, 11) is 0. The molecule has 1 aliphatic heterocycles. The molecular weight excluding hydrogens is 216 g/mol. The van der Waals surface area contributed by atoms with Gasteiger partial charge in [0.05, 0.1) is 12.6 Å². The van der Waals surface area contributed by atoms with E-state index in [9.17, 15) is 4.79 Å². The number of amides is 1. The average Bonchev–Trinajstić information content (AvgIpc) is 2.64. The van der Waals surface area contributed by atoms with Crippen molar-refractivity contribution < 1.29 is 9.53 Å². The zero-order valence-electron chi connectivity index (χ0n) is 11.7. The summed E-state index contributed by atoms with van der Waals surface area (Å²) >= 11 is 0. The summed E-state index contributed by atoms with van der Waals surface area (Å²) in [6, 6.07) is -0.187. The molecule has 4 nitrogen and oxygen atoms in total. The summed E-state index contributed by atoms with van der Waals surface area (Å²) in [5.41, 5.74) is -0.201. The molecule has 1 heterocycles. The maximum Gasteiger partial charge on any atom is 0.237 e. The molecule has 0 aromatic heterocycles. The molecular formula is C13H26N2O2. The van der Waals surface area contributed by atoms with Crippen LogP contribution in [0.3, 0.4) is 0 Å². The lowest BCUT2D eigenvalue weighted by Crippen LogP contribution is -2.56. The Morgan fingerprint density at radius 1 is 1.53 bits per heavy atom. The molecule has 0 radical (unpaired) electrons. The van der Waals surface area contributed by atoms with E-state index in [1.54, 1.807) is 0 Å². The Hall–Kier alpha value is -0.610. The molecule has 2 N–H and O–H groups in total. The molecule has 1 aliphatic rings. The Labute approximate surface area is 104 Å². The van der Waals surface area contributed by atoms with E-state index >= 15 is 0 Å². The van der Waals surface area contributed by atoms with Gasteiger partial charge < -0.3 is 10.1 Å². The van der Waals surface area contributed by atoms with Crippen molar-refractivity contribution in [1.29, 1.82) is 0 Å². The van der Waals surface area contributed by atoms with Gasteiger partial charge in [0.1, 0.15) is 0 Å². The minimum atomic E-state index is -0.187. The molecule has 100 valence electrons. The highest BCUT2D eigenvalue weighted by molar-refractivity contribution is 5.82. The highest BCUT2D eigenvalue weighted by atomic mass is 16.5. The number of ether oxygens (including phenoxy) is 1. The zero-order chi connectivity index (χ0) is 13.1. The molecule has 0 aliphatic carbocycles. The third-order valence-electron chi connectivity index (χ3n) is 3.52. The molecule has 1 rings (SSSR count).